The Balaban J connectivity index is 1.58. The third-order valence-corrected chi connectivity index (χ3v) is 5.21. The summed E-state index contributed by atoms with van der Waals surface area (Å²) in [6, 6.07) is 4.06. The fourth-order valence-corrected chi connectivity index (χ4v) is 3.93. The first-order chi connectivity index (χ1) is 11.2. The first-order valence-electron chi connectivity index (χ1n) is 7.84. The van der Waals surface area contributed by atoms with Crippen LogP contribution in [0.25, 0.3) is 5.52 Å². The third kappa shape index (κ3) is 2.91. The van der Waals surface area contributed by atoms with E-state index in [9.17, 15) is 4.21 Å². The van der Waals surface area contributed by atoms with E-state index in [0.29, 0.717) is 25.0 Å². The van der Waals surface area contributed by atoms with E-state index in [-0.39, 0.29) is 11.5 Å². The molecule has 2 fully saturated rings. The lowest BCUT2D eigenvalue weighted by molar-refractivity contribution is -0.179. The molecule has 0 aromatic carbocycles. The zero-order valence-electron chi connectivity index (χ0n) is 12.7. The average molecular weight is 337 g/mol. The van der Waals surface area contributed by atoms with Gasteiger partial charge in [0.25, 0.3) is 0 Å². The maximum Gasteiger partial charge on any atom is 0.168 e. The Morgan fingerprint density at radius 2 is 2.04 bits per heavy atom. The number of hydrogen-bond acceptors (Lipinski definition) is 5. The van der Waals surface area contributed by atoms with Gasteiger partial charge in [0, 0.05) is 24.5 Å². The zero-order valence-corrected chi connectivity index (χ0v) is 13.5. The molecule has 2 aliphatic rings. The molecule has 4 rings (SSSR count). The van der Waals surface area contributed by atoms with Crippen molar-refractivity contribution in [3.05, 3.63) is 29.8 Å². The van der Waals surface area contributed by atoms with Gasteiger partial charge in [0.1, 0.15) is 5.75 Å². The fourth-order valence-electron chi connectivity index (χ4n) is 3.58. The molecule has 2 aromatic rings. The van der Waals surface area contributed by atoms with Crippen molar-refractivity contribution in [1.29, 1.82) is 0 Å². The summed E-state index contributed by atoms with van der Waals surface area (Å²) in [5.41, 5.74) is 2.03. The molecule has 3 heterocycles. The SMILES string of the molecule is O=S(O)Cc1ncc2ccc(C3CCC4(CC3)OCCO4)n2n1. The van der Waals surface area contributed by atoms with Gasteiger partial charge in [0.15, 0.2) is 22.7 Å². The quantitative estimate of drug-likeness (QED) is 0.860. The molecule has 23 heavy (non-hydrogen) atoms. The Morgan fingerprint density at radius 3 is 2.74 bits per heavy atom. The van der Waals surface area contributed by atoms with Gasteiger partial charge in [-0.3, -0.25) is 0 Å². The maximum absolute atomic E-state index is 11.0. The van der Waals surface area contributed by atoms with Crippen LogP contribution in [0.4, 0.5) is 0 Å². The van der Waals surface area contributed by atoms with Crippen molar-refractivity contribution < 1.29 is 18.2 Å². The summed E-state index contributed by atoms with van der Waals surface area (Å²) < 4.78 is 33.4. The summed E-state index contributed by atoms with van der Waals surface area (Å²) in [7, 11) is 0. The normalized spacial score (nSPS) is 22.8. The molecule has 0 bridgehead atoms. The van der Waals surface area contributed by atoms with Gasteiger partial charge in [-0.05, 0) is 25.0 Å². The Bertz CT molecular complexity index is 731. The summed E-state index contributed by atoms with van der Waals surface area (Å²) in [6.07, 6.45) is 5.45. The van der Waals surface area contributed by atoms with Crippen molar-refractivity contribution >= 4 is 16.6 Å². The molecule has 7 nitrogen and oxygen atoms in total. The molecule has 1 aliphatic carbocycles. The van der Waals surface area contributed by atoms with Gasteiger partial charge in [-0.15, -0.1) is 0 Å². The van der Waals surface area contributed by atoms with Crippen molar-refractivity contribution in [1.82, 2.24) is 14.6 Å². The van der Waals surface area contributed by atoms with E-state index in [0.717, 1.165) is 36.9 Å². The van der Waals surface area contributed by atoms with Crippen LogP contribution >= 0.6 is 0 Å². The molecule has 1 saturated heterocycles. The molecule has 124 valence electrons. The van der Waals surface area contributed by atoms with E-state index in [1.807, 2.05) is 10.6 Å². The molecule has 0 amide bonds. The third-order valence-electron chi connectivity index (χ3n) is 4.71. The summed E-state index contributed by atoms with van der Waals surface area (Å²) in [5.74, 6) is 0.351. The number of nitrogens with zero attached hydrogens (tertiary/aromatic N) is 3. The smallest absolute Gasteiger partial charge is 0.168 e. The van der Waals surface area contributed by atoms with Gasteiger partial charge in [-0.1, -0.05) is 0 Å². The van der Waals surface area contributed by atoms with E-state index in [1.54, 1.807) is 6.20 Å². The molecule has 2 aromatic heterocycles. The second kappa shape index (κ2) is 5.94. The van der Waals surface area contributed by atoms with Gasteiger partial charge in [0.2, 0.25) is 0 Å². The number of aromatic nitrogens is 3. The van der Waals surface area contributed by atoms with Crippen molar-refractivity contribution in [3.63, 3.8) is 0 Å². The van der Waals surface area contributed by atoms with Crippen molar-refractivity contribution in [2.45, 2.75) is 43.1 Å². The van der Waals surface area contributed by atoms with Crippen LogP contribution in [0.15, 0.2) is 18.3 Å². The number of ether oxygens (including phenoxy) is 2. The minimum atomic E-state index is -1.94. The summed E-state index contributed by atoms with van der Waals surface area (Å²) in [4.78, 5) is 4.14. The van der Waals surface area contributed by atoms with Crippen LogP contribution in [0.3, 0.4) is 0 Å². The Kier molecular flexibility index (Phi) is 3.92. The largest absolute Gasteiger partial charge is 0.348 e. The lowest BCUT2D eigenvalue weighted by atomic mass is 9.83. The van der Waals surface area contributed by atoms with Crippen LogP contribution in [0.2, 0.25) is 0 Å². The average Bonchev–Trinajstić information content (AvgIpc) is 3.15. The second-order valence-electron chi connectivity index (χ2n) is 6.12. The summed E-state index contributed by atoms with van der Waals surface area (Å²) in [6.45, 7) is 1.38. The highest BCUT2D eigenvalue weighted by Gasteiger charge is 2.41. The van der Waals surface area contributed by atoms with Crippen LogP contribution in [-0.2, 0) is 26.3 Å². The molecular weight excluding hydrogens is 318 g/mol. The fraction of sp³-hybridized carbons (Fsp3) is 0.600. The minimum absolute atomic E-state index is 0.0526. The number of hydrogen-bond donors (Lipinski definition) is 1. The standard InChI is InChI=1S/C15H19N3O4S/c19-23(20)10-14-16-9-12-1-2-13(18(12)17-14)11-3-5-15(6-4-11)21-7-8-22-15/h1-2,9,11H,3-8,10H2,(H,19,20). The lowest BCUT2D eigenvalue weighted by Crippen LogP contribution is -2.34. The first kappa shape index (κ1) is 15.2. The van der Waals surface area contributed by atoms with E-state index in [2.05, 4.69) is 16.1 Å². The van der Waals surface area contributed by atoms with Gasteiger partial charge < -0.3 is 14.0 Å². The number of rotatable bonds is 3. The summed E-state index contributed by atoms with van der Waals surface area (Å²) in [5, 5.41) is 4.43. The van der Waals surface area contributed by atoms with Crippen LogP contribution in [0.5, 0.6) is 0 Å². The second-order valence-corrected chi connectivity index (χ2v) is 7.05. The zero-order chi connectivity index (χ0) is 15.9. The molecule has 1 saturated carbocycles. The Labute approximate surface area is 136 Å². The van der Waals surface area contributed by atoms with Gasteiger partial charge >= 0.3 is 0 Å². The Hall–Kier alpha value is -1.35. The molecule has 1 unspecified atom stereocenters. The van der Waals surface area contributed by atoms with Crippen LogP contribution in [0.1, 0.15) is 43.1 Å². The first-order valence-corrected chi connectivity index (χ1v) is 9.12. The molecule has 8 heteroatoms. The summed E-state index contributed by atoms with van der Waals surface area (Å²) >= 11 is -1.94. The van der Waals surface area contributed by atoms with E-state index >= 15 is 0 Å². The molecule has 1 N–H and O–H groups in total. The Morgan fingerprint density at radius 1 is 1.30 bits per heavy atom. The highest BCUT2D eigenvalue weighted by molar-refractivity contribution is 7.78. The predicted octanol–water partition coefficient (Wildman–Crippen LogP) is 1.85. The molecule has 1 spiro atoms. The molecule has 1 atom stereocenters. The van der Waals surface area contributed by atoms with Crippen molar-refractivity contribution in [3.8, 4) is 0 Å². The topological polar surface area (TPSA) is 86.0 Å². The predicted molar refractivity (Wildman–Crippen MR) is 83.3 cm³/mol. The lowest BCUT2D eigenvalue weighted by Gasteiger charge is -2.35. The highest BCUT2D eigenvalue weighted by atomic mass is 32.2. The van der Waals surface area contributed by atoms with Gasteiger partial charge in [-0.25, -0.2) is 13.7 Å². The van der Waals surface area contributed by atoms with Crippen molar-refractivity contribution in [2.24, 2.45) is 0 Å². The van der Waals surface area contributed by atoms with Crippen LogP contribution < -0.4 is 0 Å². The van der Waals surface area contributed by atoms with Gasteiger partial charge in [0.05, 0.1) is 24.9 Å². The maximum atomic E-state index is 11.0. The molecule has 1 aliphatic heterocycles. The van der Waals surface area contributed by atoms with Crippen LogP contribution in [0, 0.1) is 0 Å². The van der Waals surface area contributed by atoms with E-state index in [4.69, 9.17) is 14.0 Å². The number of fused-ring (bicyclic) bond motifs is 1. The highest BCUT2D eigenvalue weighted by Crippen LogP contribution is 2.42. The van der Waals surface area contributed by atoms with Crippen molar-refractivity contribution in [2.75, 3.05) is 13.2 Å². The van der Waals surface area contributed by atoms with Gasteiger partial charge in [-0.2, -0.15) is 5.10 Å². The van der Waals surface area contributed by atoms with E-state index < -0.39 is 11.1 Å². The molecule has 0 radical (unpaired) electrons. The monoisotopic (exact) mass is 337 g/mol. The molecular formula is C15H19N3O4S. The minimum Gasteiger partial charge on any atom is -0.348 e. The van der Waals surface area contributed by atoms with Crippen LogP contribution in [-0.4, -0.2) is 42.4 Å². The van der Waals surface area contributed by atoms with E-state index in [1.165, 1.54) is 0 Å².